The van der Waals surface area contributed by atoms with Crippen LogP contribution in [0.3, 0.4) is 0 Å². The van der Waals surface area contributed by atoms with E-state index in [4.69, 9.17) is 34.8 Å². The van der Waals surface area contributed by atoms with Gasteiger partial charge in [0.2, 0.25) is 5.91 Å². The predicted molar refractivity (Wildman–Crippen MR) is 77.8 cm³/mol. The molecule has 5 nitrogen and oxygen atoms in total. The van der Waals surface area contributed by atoms with Crippen LogP contribution in [0.4, 0.5) is 18.9 Å². The topological polar surface area (TPSA) is 75.6 Å². The van der Waals surface area contributed by atoms with Gasteiger partial charge in [-0.15, -0.1) is 11.6 Å². The van der Waals surface area contributed by atoms with Crippen LogP contribution in [-0.2, 0) is 14.3 Å². The monoisotopic (exact) mass is 393 g/mol. The highest BCUT2D eigenvalue weighted by molar-refractivity contribution is 6.42. The highest BCUT2D eigenvalue weighted by Crippen LogP contribution is 2.37. The van der Waals surface area contributed by atoms with Crippen molar-refractivity contribution < 1.29 is 32.6 Å². The van der Waals surface area contributed by atoms with Crippen LogP contribution in [0.1, 0.15) is 0 Å². The zero-order chi connectivity index (χ0) is 18.0. The molecule has 23 heavy (non-hydrogen) atoms. The van der Waals surface area contributed by atoms with Crippen LogP contribution < -0.4 is 5.32 Å². The van der Waals surface area contributed by atoms with Crippen LogP contribution in [0.5, 0.6) is 0 Å². The first-order chi connectivity index (χ1) is 10.4. The Labute approximate surface area is 143 Å². The molecule has 0 bridgehead atoms. The molecule has 0 saturated carbocycles. The number of methoxy groups -OCH3 is 1. The number of aliphatic hydroxyl groups is 1. The van der Waals surface area contributed by atoms with Crippen molar-refractivity contribution in [1.29, 1.82) is 0 Å². The van der Waals surface area contributed by atoms with Crippen molar-refractivity contribution in [2.45, 2.75) is 17.2 Å². The van der Waals surface area contributed by atoms with Crippen molar-refractivity contribution in [2.75, 3.05) is 12.4 Å². The minimum Gasteiger partial charge on any atom is -0.467 e. The first-order valence-electron chi connectivity index (χ1n) is 5.72. The number of alkyl halides is 4. The number of esters is 1. The lowest BCUT2D eigenvalue weighted by Crippen LogP contribution is -2.62. The van der Waals surface area contributed by atoms with Gasteiger partial charge in [0, 0.05) is 5.69 Å². The molecule has 1 aromatic carbocycles. The molecule has 0 fully saturated rings. The van der Waals surface area contributed by atoms with E-state index in [9.17, 15) is 27.9 Å². The van der Waals surface area contributed by atoms with Crippen molar-refractivity contribution in [3.8, 4) is 0 Å². The summed E-state index contributed by atoms with van der Waals surface area (Å²) in [5, 5.41) is 9.04. The molecule has 0 aliphatic heterocycles. The molecule has 0 radical (unpaired) electrons. The fraction of sp³-hybridized carbons (Fsp3) is 0.333. The highest BCUT2D eigenvalue weighted by atomic mass is 35.5. The van der Waals surface area contributed by atoms with Crippen molar-refractivity contribution in [3.63, 3.8) is 0 Å². The van der Waals surface area contributed by atoms with Gasteiger partial charge in [-0.05, 0) is 18.2 Å². The number of anilines is 1. The van der Waals surface area contributed by atoms with Gasteiger partial charge >= 0.3 is 12.1 Å². The third-order valence-electron chi connectivity index (χ3n) is 2.71. The Morgan fingerprint density at radius 2 is 1.83 bits per heavy atom. The number of hydrogen-bond donors (Lipinski definition) is 2. The van der Waals surface area contributed by atoms with E-state index in [1.165, 1.54) is 12.1 Å². The van der Waals surface area contributed by atoms with Gasteiger partial charge in [-0.1, -0.05) is 23.2 Å². The van der Waals surface area contributed by atoms with Crippen LogP contribution >= 0.6 is 34.8 Å². The summed E-state index contributed by atoms with van der Waals surface area (Å²) < 4.78 is 42.7. The van der Waals surface area contributed by atoms with E-state index in [1.54, 1.807) is 0 Å². The number of nitrogens with one attached hydrogen (secondary N) is 1. The first kappa shape index (κ1) is 19.8. The predicted octanol–water partition coefficient (Wildman–Crippen LogP) is 3.01. The molecule has 2 N–H and O–H groups in total. The molecule has 2 atom stereocenters. The highest BCUT2D eigenvalue weighted by Gasteiger charge is 2.67. The molecule has 1 rings (SSSR count). The lowest BCUT2D eigenvalue weighted by atomic mass is 9.98. The summed E-state index contributed by atoms with van der Waals surface area (Å²) in [7, 11) is 0.611. The van der Waals surface area contributed by atoms with E-state index in [1.807, 2.05) is 5.32 Å². The molecule has 0 aromatic heterocycles. The van der Waals surface area contributed by atoms with Crippen molar-refractivity contribution in [2.24, 2.45) is 0 Å². The Morgan fingerprint density at radius 1 is 1.26 bits per heavy atom. The summed E-state index contributed by atoms with van der Waals surface area (Å²) in [6, 6.07) is 3.66. The number of halogens is 6. The van der Waals surface area contributed by atoms with Crippen molar-refractivity contribution in [1.82, 2.24) is 0 Å². The summed E-state index contributed by atoms with van der Waals surface area (Å²) in [5.74, 6) is -3.61. The zero-order valence-corrected chi connectivity index (χ0v) is 13.5. The molecule has 1 aromatic rings. The van der Waals surface area contributed by atoms with Gasteiger partial charge in [0.15, 0.2) is 5.38 Å². The third-order valence-corrected chi connectivity index (χ3v) is 3.97. The fourth-order valence-electron chi connectivity index (χ4n) is 1.49. The Balaban J connectivity index is 3.09. The quantitative estimate of drug-likeness (QED) is 0.608. The molecule has 11 heteroatoms. The maximum atomic E-state index is 13.0. The zero-order valence-electron chi connectivity index (χ0n) is 11.2. The standard InChI is InChI=1S/C12H9Cl3F3NO4/c1-23-10(21)11(22,12(16,17)18)8(15)9(20)19-5-2-3-6(13)7(14)4-5/h2-4,8,22H,1H3,(H,19,20)/t8-,11+/m1/s1. The van der Waals surface area contributed by atoms with Crippen molar-refractivity contribution >= 4 is 52.4 Å². The Hall–Kier alpha value is -1.22. The Kier molecular flexibility index (Phi) is 6.14. The summed E-state index contributed by atoms with van der Waals surface area (Å²) in [4.78, 5) is 23.1. The van der Waals surface area contributed by atoms with E-state index in [2.05, 4.69) is 4.74 Å². The van der Waals surface area contributed by atoms with Crippen molar-refractivity contribution in [3.05, 3.63) is 28.2 Å². The van der Waals surface area contributed by atoms with E-state index >= 15 is 0 Å². The largest absolute Gasteiger partial charge is 0.467 e. The minimum absolute atomic E-state index is 0.0228. The number of carbonyl (C=O) groups excluding carboxylic acids is 2. The second kappa shape index (κ2) is 7.12. The number of ether oxygens (including phenoxy) is 1. The third kappa shape index (κ3) is 4.00. The van der Waals surface area contributed by atoms with Gasteiger partial charge in [0.1, 0.15) is 0 Å². The van der Waals surface area contributed by atoms with Crippen LogP contribution in [0.25, 0.3) is 0 Å². The molecule has 0 unspecified atom stereocenters. The van der Waals surface area contributed by atoms with Crippen LogP contribution in [0.2, 0.25) is 10.0 Å². The molecule has 0 saturated heterocycles. The van der Waals surface area contributed by atoms with E-state index in [0.717, 1.165) is 6.07 Å². The number of benzene rings is 1. The summed E-state index contributed by atoms with van der Waals surface area (Å²) >= 11 is 16.7. The van der Waals surface area contributed by atoms with Gasteiger partial charge in [-0.2, -0.15) is 13.2 Å². The second-order valence-corrected chi connectivity index (χ2v) is 5.49. The lowest BCUT2D eigenvalue weighted by Gasteiger charge is -2.30. The maximum Gasteiger partial charge on any atom is 0.430 e. The number of hydrogen-bond acceptors (Lipinski definition) is 4. The van der Waals surface area contributed by atoms with Crippen LogP contribution in [0.15, 0.2) is 18.2 Å². The van der Waals surface area contributed by atoms with Crippen LogP contribution in [-0.4, -0.2) is 41.2 Å². The molecule has 0 aliphatic carbocycles. The van der Waals surface area contributed by atoms with E-state index in [-0.39, 0.29) is 15.7 Å². The molecule has 128 valence electrons. The van der Waals surface area contributed by atoms with Gasteiger partial charge in [0.05, 0.1) is 17.2 Å². The van der Waals surface area contributed by atoms with E-state index < -0.39 is 29.0 Å². The first-order valence-corrected chi connectivity index (χ1v) is 6.92. The summed E-state index contributed by atoms with van der Waals surface area (Å²) in [6.45, 7) is 0. The molecule has 0 aliphatic rings. The number of amides is 1. The number of carbonyl (C=O) groups is 2. The SMILES string of the molecule is COC(=O)[C@@](O)([C@H](Cl)C(=O)Nc1ccc(Cl)c(Cl)c1)C(F)(F)F. The van der Waals surface area contributed by atoms with Gasteiger partial charge < -0.3 is 15.2 Å². The second-order valence-electron chi connectivity index (χ2n) is 4.24. The summed E-state index contributed by atoms with van der Waals surface area (Å²) in [6.07, 6.45) is -5.54. The average Bonchev–Trinajstić information content (AvgIpc) is 2.47. The van der Waals surface area contributed by atoms with Gasteiger partial charge in [-0.3, -0.25) is 4.79 Å². The molecular formula is C12H9Cl3F3NO4. The van der Waals surface area contributed by atoms with Gasteiger partial charge in [-0.25, -0.2) is 4.79 Å². The minimum atomic E-state index is -5.54. The van der Waals surface area contributed by atoms with Crippen LogP contribution in [0, 0.1) is 0 Å². The maximum absolute atomic E-state index is 13.0. The Morgan fingerprint density at radius 3 is 2.26 bits per heavy atom. The number of rotatable bonds is 4. The Bertz CT molecular complexity index is 626. The smallest absolute Gasteiger partial charge is 0.430 e. The van der Waals surface area contributed by atoms with Gasteiger partial charge in [0.25, 0.3) is 5.60 Å². The van der Waals surface area contributed by atoms with E-state index in [0.29, 0.717) is 7.11 Å². The molecule has 1 amide bonds. The molecule has 0 spiro atoms. The fourth-order valence-corrected chi connectivity index (χ4v) is 2.05. The molecular weight excluding hydrogens is 385 g/mol. The normalized spacial score (nSPS) is 15.5. The molecule has 0 heterocycles. The average molecular weight is 395 g/mol. The lowest BCUT2D eigenvalue weighted by molar-refractivity contribution is -0.260. The summed E-state index contributed by atoms with van der Waals surface area (Å²) in [5.41, 5.74) is -4.26.